The number of hydrogen-bond acceptors (Lipinski definition) is 4. The van der Waals surface area contributed by atoms with Gasteiger partial charge in [-0.05, 0) is 6.92 Å². The van der Waals surface area contributed by atoms with Crippen molar-refractivity contribution >= 4 is 12.0 Å². The summed E-state index contributed by atoms with van der Waals surface area (Å²) in [6.07, 6.45) is -0.627. The van der Waals surface area contributed by atoms with E-state index in [0.717, 1.165) is 0 Å². The third-order valence-corrected chi connectivity index (χ3v) is 1.53. The van der Waals surface area contributed by atoms with Crippen molar-refractivity contribution in [1.82, 2.24) is 10.4 Å². The molecule has 0 unspecified atom stereocenters. The first-order valence-corrected chi connectivity index (χ1v) is 3.58. The summed E-state index contributed by atoms with van der Waals surface area (Å²) in [5.41, 5.74) is 0. The van der Waals surface area contributed by atoms with E-state index < -0.39 is 18.0 Å². The summed E-state index contributed by atoms with van der Waals surface area (Å²) in [5.74, 6) is -0.552. The van der Waals surface area contributed by atoms with Crippen LogP contribution in [0.25, 0.3) is 0 Å². The number of likely N-dealkylation sites (N-methyl/N-ethyl adjacent to an activating group) is 1. The molecule has 0 aromatic rings. The van der Waals surface area contributed by atoms with Gasteiger partial charge in [0.2, 0.25) is 0 Å². The van der Waals surface area contributed by atoms with Crippen molar-refractivity contribution in [3.8, 4) is 0 Å². The number of amides is 2. The van der Waals surface area contributed by atoms with Gasteiger partial charge in [-0.3, -0.25) is 10.0 Å². The van der Waals surface area contributed by atoms with Crippen LogP contribution in [0.5, 0.6) is 0 Å². The van der Waals surface area contributed by atoms with Crippen LogP contribution < -0.4 is 5.32 Å². The normalized spacial score (nSPS) is 21.5. The number of alkyl carbamates (subject to hydrolysis) is 1. The summed E-state index contributed by atoms with van der Waals surface area (Å²) in [7, 11) is 0. The molecule has 1 saturated heterocycles. The van der Waals surface area contributed by atoms with Crippen LogP contribution in [0.15, 0.2) is 0 Å². The maximum Gasteiger partial charge on any atom is 0.407 e. The first kappa shape index (κ1) is 8.79. The SMILES string of the molecule is CCN(O)C(=O)[C@H]1COC(=O)N1. The number of nitrogens with one attached hydrogen (secondary N) is 1. The highest BCUT2D eigenvalue weighted by molar-refractivity contribution is 5.87. The van der Waals surface area contributed by atoms with Gasteiger partial charge in [-0.15, -0.1) is 0 Å². The van der Waals surface area contributed by atoms with Crippen LogP contribution >= 0.6 is 0 Å². The first-order valence-electron chi connectivity index (χ1n) is 3.58. The van der Waals surface area contributed by atoms with Gasteiger partial charge in [-0.1, -0.05) is 0 Å². The van der Waals surface area contributed by atoms with E-state index in [4.69, 9.17) is 5.21 Å². The second-order valence-electron chi connectivity index (χ2n) is 2.35. The molecule has 0 radical (unpaired) electrons. The van der Waals surface area contributed by atoms with E-state index in [1.54, 1.807) is 6.92 Å². The van der Waals surface area contributed by atoms with Crippen LogP contribution in [0.1, 0.15) is 6.92 Å². The predicted molar refractivity (Wildman–Crippen MR) is 37.4 cm³/mol. The highest BCUT2D eigenvalue weighted by Crippen LogP contribution is 2.00. The Kier molecular flexibility index (Phi) is 2.49. The van der Waals surface area contributed by atoms with Crippen molar-refractivity contribution in [2.24, 2.45) is 0 Å². The lowest BCUT2D eigenvalue weighted by Crippen LogP contribution is -2.43. The van der Waals surface area contributed by atoms with Gasteiger partial charge in [0.15, 0.2) is 0 Å². The maximum atomic E-state index is 11.1. The number of nitrogens with zero attached hydrogens (tertiary/aromatic N) is 1. The molecular weight excluding hydrogens is 164 g/mol. The van der Waals surface area contributed by atoms with Crippen molar-refractivity contribution in [2.45, 2.75) is 13.0 Å². The van der Waals surface area contributed by atoms with Crippen molar-refractivity contribution in [3.63, 3.8) is 0 Å². The molecule has 1 fully saturated rings. The Morgan fingerprint density at radius 3 is 3.00 bits per heavy atom. The molecule has 68 valence electrons. The van der Waals surface area contributed by atoms with Crippen LogP contribution in [0.4, 0.5) is 4.79 Å². The molecule has 0 bridgehead atoms. The summed E-state index contributed by atoms with van der Waals surface area (Å²) in [6.45, 7) is 1.79. The Morgan fingerprint density at radius 2 is 2.58 bits per heavy atom. The molecule has 0 saturated carbocycles. The summed E-state index contributed by atoms with van der Waals surface area (Å²) in [5, 5.41) is 11.7. The first-order chi connectivity index (χ1) is 5.65. The Labute approximate surface area is 69.1 Å². The van der Waals surface area contributed by atoms with E-state index in [1.807, 2.05) is 0 Å². The average Bonchev–Trinajstić information content (AvgIpc) is 2.49. The number of cyclic esters (lactones) is 1. The fraction of sp³-hybridized carbons (Fsp3) is 0.667. The average molecular weight is 174 g/mol. The van der Waals surface area contributed by atoms with Crippen LogP contribution in [-0.4, -0.2) is 41.5 Å². The summed E-state index contributed by atoms with van der Waals surface area (Å²) in [6, 6.07) is -0.748. The monoisotopic (exact) mass is 174 g/mol. The maximum absolute atomic E-state index is 11.1. The number of ether oxygens (including phenoxy) is 1. The van der Waals surface area contributed by atoms with E-state index in [9.17, 15) is 9.59 Å². The minimum atomic E-state index is -0.748. The van der Waals surface area contributed by atoms with Gasteiger partial charge >= 0.3 is 6.09 Å². The van der Waals surface area contributed by atoms with E-state index >= 15 is 0 Å². The van der Waals surface area contributed by atoms with Crippen molar-refractivity contribution in [1.29, 1.82) is 0 Å². The lowest BCUT2D eigenvalue weighted by molar-refractivity contribution is -0.166. The molecule has 0 aromatic heterocycles. The van der Waals surface area contributed by atoms with E-state index in [-0.39, 0.29) is 13.2 Å². The second-order valence-corrected chi connectivity index (χ2v) is 2.35. The predicted octanol–water partition coefficient (Wildman–Crippen LogP) is -0.668. The molecule has 1 rings (SSSR count). The fourth-order valence-corrected chi connectivity index (χ4v) is 0.853. The molecule has 12 heavy (non-hydrogen) atoms. The quantitative estimate of drug-likeness (QED) is 0.430. The molecule has 0 aliphatic carbocycles. The van der Waals surface area contributed by atoms with Crippen LogP contribution in [0.3, 0.4) is 0 Å². The lowest BCUT2D eigenvalue weighted by atomic mass is 10.3. The molecule has 1 aliphatic heterocycles. The van der Waals surface area contributed by atoms with E-state index in [1.165, 1.54) is 0 Å². The van der Waals surface area contributed by atoms with Crippen molar-refractivity contribution in [2.75, 3.05) is 13.2 Å². The number of hydroxylamine groups is 2. The van der Waals surface area contributed by atoms with Gasteiger partial charge in [-0.2, -0.15) is 0 Å². The summed E-state index contributed by atoms with van der Waals surface area (Å²) >= 11 is 0. The molecule has 1 heterocycles. The number of carbonyl (C=O) groups excluding carboxylic acids is 2. The Morgan fingerprint density at radius 1 is 1.92 bits per heavy atom. The topological polar surface area (TPSA) is 78.9 Å². The molecule has 1 atom stereocenters. The third-order valence-electron chi connectivity index (χ3n) is 1.53. The Bertz CT molecular complexity index is 206. The van der Waals surface area contributed by atoms with Crippen LogP contribution in [0.2, 0.25) is 0 Å². The smallest absolute Gasteiger partial charge is 0.407 e. The molecule has 0 spiro atoms. The van der Waals surface area contributed by atoms with E-state index in [2.05, 4.69) is 10.1 Å². The van der Waals surface area contributed by atoms with E-state index in [0.29, 0.717) is 5.06 Å². The minimum absolute atomic E-state index is 0.0191. The minimum Gasteiger partial charge on any atom is -0.447 e. The van der Waals surface area contributed by atoms with Crippen LogP contribution in [0, 0.1) is 0 Å². The number of carbonyl (C=O) groups is 2. The molecule has 0 aromatic carbocycles. The number of rotatable bonds is 2. The number of hydrogen-bond donors (Lipinski definition) is 2. The zero-order valence-corrected chi connectivity index (χ0v) is 6.61. The highest BCUT2D eigenvalue weighted by Gasteiger charge is 2.31. The van der Waals surface area contributed by atoms with Crippen molar-refractivity contribution < 1.29 is 19.5 Å². The standard InChI is InChI=1S/C6H10N2O4/c1-2-8(11)5(9)4-3-12-6(10)7-4/h4,11H,2-3H2,1H3,(H,7,10)/t4-/m1/s1. The molecule has 2 N–H and O–H groups in total. The third kappa shape index (κ3) is 1.65. The van der Waals surface area contributed by atoms with Crippen molar-refractivity contribution in [3.05, 3.63) is 0 Å². The van der Waals surface area contributed by atoms with Gasteiger partial charge < -0.3 is 10.1 Å². The second kappa shape index (κ2) is 3.40. The molecule has 6 heteroatoms. The van der Waals surface area contributed by atoms with Gasteiger partial charge in [0, 0.05) is 6.54 Å². The fourth-order valence-electron chi connectivity index (χ4n) is 0.853. The largest absolute Gasteiger partial charge is 0.447 e. The Hall–Kier alpha value is -1.30. The van der Waals surface area contributed by atoms with Gasteiger partial charge in [0.1, 0.15) is 12.6 Å². The summed E-state index contributed by atoms with van der Waals surface area (Å²) in [4.78, 5) is 21.6. The zero-order chi connectivity index (χ0) is 9.14. The van der Waals surface area contributed by atoms with Gasteiger partial charge in [0.05, 0.1) is 0 Å². The van der Waals surface area contributed by atoms with Gasteiger partial charge in [0.25, 0.3) is 5.91 Å². The Balaban J connectivity index is 2.48. The lowest BCUT2D eigenvalue weighted by Gasteiger charge is -2.14. The molecule has 2 amide bonds. The van der Waals surface area contributed by atoms with Crippen LogP contribution in [-0.2, 0) is 9.53 Å². The molecule has 1 aliphatic rings. The molecule has 6 nitrogen and oxygen atoms in total. The van der Waals surface area contributed by atoms with Gasteiger partial charge in [-0.25, -0.2) is 9.86 Å². The highest BCUT2D eigenvalue weighted by atomic mass is 16.6. The summed E-state index contributed by atoms with van der Waals surface area (Å²) < 4.78 is 4.47. The zero-order valence-electron chi connectivity index (χ0n) is 6.61. The molecular formula is C6H10N2O4.